The number of hydrogen-bond donors (Lipinski definition) is 5. The minimum atomic E-state index is -0.489. The van der Waals surface area contributed by atoms with Crippen LogP contribution in [0.5, 0.6) is 17.2 Å². The maximum absolute atomic E-state index is 14.2. The molecule has 1 aliphatic carbocycles. The molecule has 2 aromatic rings. The van der Waals surface area contributed by atoms with Crippen molar-refractivity contribution < 1.29 is 96.3 Å². The summed E-state index contributed by atoms with van der Waals surface area (Å²) in [7, 11) is 0. The lowest BCUT2D eigenvalue weighted by Gasteiger charge is -2.19. The Hall–Kier alpha value is -7.24. The van der Waals surface area contributed by atoms with Crippen molar-refractivity contribution in [1.82, 2.24) is 10.3 Å². The highest BCUT2D eigenvalue weighted by Gasteiger charge is 2.42. The standard InChI is InChI=1S/C69H91N5O20/c1-6-51-45(2)56-41-60-54(44-94-69(80)50-9-11-70-12-10-50)47(4)55(72-60)40-57-46(3)52(66(73-57)53-39-61(78)65-48(5)58(74-67(53)65)42-59(51)71-56)7-8-64(79)93-43-49-37-62(90-34-31-87-28-25-84-22-19-81-16-13-75)68(92-36-33-89-30-27-86-24-21-83-18-15-77)63(38-49)91-35-32-88-29-26-85-23-20-82-17-14-76/h9-12,37-38,40-42,46,52,73,75-78H,6-8,13-36,39,43-44H2,1-5H3/t46-,52-/m0/s1. The monoisotopic (exact) mass is 1310 g/mol. The third kappa shape index (κ3) is 20.9. The van der Waals surface area contributed by atoms with E-state index in [1.807, 2.05) is 39.0 Å². The summed E-state index contributed by atoms with van der Waals surface area (Å²) in [4.78, 5) is 47.2. The number of rotatable bonds is 45. The predicted molar refractivity (Wildman–Crippen MR) is 347 cm³/mol. The molecular weight excluding hydrogens is 1220 g/mol. The number of carbonyl (C=O) groups is 2. The van der Waals surface area contributed by atoms with Crippen molar-refractivity contribution >= 4 is 29.1 Å². The fourth-order valence-corrected chi connectivity index (χ4v) is 11.1. The van der Waals surface area contributed by atoms with Gasteiger partial charge in [0.05, 0.1) is 179 Å². The Morgan fingerprint density at radius 3 is 1.60 bits per heavy atom. The van der Waals surface area contributed by atoms with Crippen LogP contribution < -0.4 is 19.5 Å². The van der Waals surface area contributed by atoms with E-state index >= 15 is 0 Å². The molecule has 0 amide bonds. The fraction of sp³-hybridized carbons (Fsp3) is 0.536. The number of aliphatic hydroxyl groups excluding tert-OH is 4. The van der Waals surface area contributed by atoms with Crippen molar-refractivity contribution in [3.63, 3.8) is 0 Å². The number of aliphatic hydroxyl groups is 4. The normalized spacial score (nSPS) is 17.4. The van der Waals surface area contributed by atoms with E-state index in [9.17, 15) is 14.7 Å². The smallest absolute Gasteiger partial charge is 0.338 e. The summed E-state index contributed by atoms with van der Waals surface area (Å²) in [6, 6.07) is 6.69. The van der Waals surface area contributed by atoms with E-state index in [0.717, 1.165) is 56.2 Å². The van der Waals surface area contributed by atoms with Crippen LogP contribution in [0, 0.1) is 11.8 Å². The number of fused-ring (bicyclic) bond motifs is 5. The van der Waals surface area contributed by atoms with E-state index in [-0.39, 0.29) is 129 Å². The molecule has 512 valence electrons. The van der Waals surface area contributed by atoms with Crippen molar-refractivity contribution in [3.8, 4) is 17.2 Å². The zero-order chi connectivity index (χ0) is 66.4. The quantitative estimate of drug-likeness (QED) is 0.0340. The van der Waals surface area contributed by atoms with E-state index in [4.69, 9.17) is 96.6 Å². The maximum atomic E-state index is 14.2. The number of nitrogens with zero attached hydrogens (tertiary/aromatic N) is 4. The first-order chi connectivity index (χ1) is 45.9. The second-order valence-electron chi connectivity index (χ2n) is 22.3. The van der Waals surface area contributed by atoms with Crippen LogP contribution in [-0.2, 0) is 63.5 Å². The van der Waals surface area contributed by atoms with Gasteiger partial charge in [0.25, 0.3) is 0 Å². The van der Waals surface area contributed by atoms with Crippen LogP contribution >= 0.6 is 0 Å². The van der Waals surface area contributed by atoms with Gasteiger partial charge in [0.1, 0.15) is 38.8 Å². The summed E-state index contributed by atoms with van der Waals surface area (Å²) in [5.74, 6) is -0.270. The predicted octanol–water partition coefficient (Wildman–Crippen LogP) is 6.70. The Morgan fingerprint density at radius 2 is 1.06 bits per heavy atom. The first-order valence-electron chi connectivity index (χ1n) is 32.2. The number of nitrogens with one attached hydrogen (secondary N) is 1. The largest absolute Gasteiger partial charge is 0.511 e. The average Bonchev–Trinajstić information content (AvgIpc) is 1.59. The number of carbonyl (C=O) groups excluding carboxylic acids is 2. The number of aromatic nitrogens is 1. The molecule has 2 atom stereocenters. The van der Waals surface area contributed by atoms with Crippen LogP contribution in [-0.4, -0.2) is 220 Å². The lowest BCUT2D eigenvalue weighted by atomic mass is 9.86. The zero-order valence-electron chi connectivity index (χ0n) is 54.7. The molecule has 94 heavy (non-hydrogen) atoms. The van der Waals surface area contributed by atoms with Crippen molar-refractivity contribution in [1.29, 1.82) is 0 Å². The second kappa shape index (κ2) is 39.0. The molecule has 0 saturated carbocycles. The van der Waals surface area contributed by atoms with Gasteiger partial charge < -0.3 is 92.1 Å². The fourth-order valence-electron chi connectivity index (χ4n) is 11.1. The highest BCUT2D eigenvalue weighted by molar-refractivity contribution is 6.21. The van der Waals surface area contributed by atoms with E-state index in [1.54, 1.807) is 36.7 Å². The molecule has 1 fully saturated rings. The van der Waals surface area contributed by atoms with Gasteiger partial charge in [-0.25, -0.2) is 19.8 Å². The van der Waals surface area contributed by atoms with E-state index < -0.39 is 11.9 Å². The Bertz CT molecular complexity index is 3200. The molecule has 25 nitrogen and oxygen atoms in total. The van der Waals surface area contributed by atoms with Gasteiger partial charge in [-0.1, -0.05) is 13.8 Å². The molecule has 6 aliphatic rings. The molecular formula is C69H91N5O20. The van der Waals surface area contributed by atoms with Crippen molar-refractivity contribution in [2.75, 3.05) is 165 Å². The topological polar surface area (TPSA) is 306 Å². The van der Waals surface area contributed by atoms with E-state index in [0.29, 0.717) is 143 Å². The number of esters is 2. The van der Waals surface area contributed by atoms with E-state index in [2.05, 4.69) is 24.1 Å². The van der Waals surface area contributed by atoms with Gasteiger partial charge in [0.15, 0.2) is 11.5 Å². The lowest BCUT2D eigenvalue weighted by Crippen LogP contribution is -2.17. The molecule has 25 heteroatoms. The van der Waals surface area contributed by atoms with Gasteiger partial charge in [0.2, 0.25) is 5.75 Å². The summed E-state index contributed by atoms with van der Waals surface area (Å²) in [5, 5.41) is 42.4. The molecule has 1 aromatic heterocycles. The Kier molecular flexibility index (Phi) is 30.1. The first kappa shape index (κ1) is 72.6. The molecule has 0 unspecified atom stereocenters. The average molecular weight is 1310 g/mol. The third-order valence-corrected chi connectivity index (χ3v) is 16.0. The number of pyridine rings is 1. The third-order valence-electron chi connectivity index (χ3n) is 16.0. The van der Waals surface area contributed by atoms with Gasteiger partial charge >= 0.3 is 11.9 Å². The summed E-state index contributed by atoms with van der Waals surface area (Å²) >= 11 is 0. The highest BCUT2D eigenvalue weighted by Crippen LogP contribution is 2.47. The number of allylic oxidation sites excluding steroid dienone is 11. The zero-order valence-corrected chi connectivity index (χ0v) is 54.7. The number of benzene rings is 1. The molecule has 0 spiro atoms. The summed E-state index contributed by atoms with van der Waals surface area (Å²) in [6.07, 6.45) is 10.4. The number of aliphatic imine (C=N–C) groups is 3. The van der Waals surface area contributed by atoms with Crippen LogP contribution in [0.3, 0.4) is 0 Å². The number of hydrogen-bond acceptors (Lipinski definition) is 25. The highest BCUT2D eigenvalue weighted by atomic mass is 16.6. The summed E-state index contributed by atoms with van der Waals surface area (Å²) < 4.78 is 80.9. The van der Waals surface area contributed by atoms with Crippen LogP contribution in [0.25, 0.3) is 0 Å². The molecule has 5 aliphatic heterocycles. The minimum absolute atomic E-state index is 0.0311. The minimum Gasteiger partial charge on any atom is -0.511 e. The van der Waals surface area contributed by atoms with Gasteiger partial charge in [-0.05, 0) is 104 Å². The summed E-state index contributed by atoms with van der Waals surface area (Å²) in [5.41, 5.74) is 12.8. The van der Waals surface area contributed by atoms with Crippen molar-refractivity contribution in [2.24, 2.45) is 26.8 Å². The molecule has 1 aromatic carbocycles. The molecule has 6 heterocycles. The van der Waals surface area contributed by atoms with E-state index in [1.165, 1.54) is 0 Å². The van der Waals surface area contributed by atoms with Gasteiger partial charge in [0, 0.05) is 65.2 Å². The van der Waals surface area contributed by atoms with Crippen LogP contribution in [0.2, 0.25) is 0 Å². The Morgan fingerprint density at radius 1 is 0.574 bits per heavy atom. The van der Waals surface area contributed by atoms with Crippen molar-refractivity contribution in [2.45, 2.75) is 66.9 Å². The number of ether oxygens (including phenoxy) is 14. The van der Waals surface area contributed by atoms with Gasteiger partial charge in [-0.3, -0.25) is 9.78 Å². The molecule has 1 saturated heterocycles. The van der Waals surface area contributed by atoms with Crippen LogP contribution in [0.1, 0.15) is 76.2 Å². The summed E-state index contributed by atoms with van der Waals surface area (Å²) in [6.45, 7) is 15.4. The van der Waals surface area contributed by atoms with Crippen LogP contribution in [0.15, 0.2) is 143 Å². The Balaban J connectivity index is 1.01. The molecule has 8 rings (SSSR count). The van der Waals surface area contributed by atoms with Gasteiger partial charge in [-0.15, -0.1) is 0 Å². The molecule has 0 radical (unpaired) electrons. The van der Waals surface area contributed by atoms with Crippen LogP contribution in [0.4, 0.5) is 0 Å². The SMILES string of the molecule is CCC1=C(C)C2=NC1=CC1=C(C)C3=C(O)CC(=C4NC(=CC5=NC(=C2)C(COC(=O)c2ccncc2)=C5C)[C@@H](C)[C@@H]4CCC(=O)OCc2cc(OCCOCCOCCOCCO)c(OCCOCCOCCOCCO)c(OCCOCCOCCOCCO)c2)C3=N1. The van der Waals surface area contributed by atoms with Gasteiger partial charge in [-0.2, -0.15) is 0 Å². The maximum Gasteiger partial charge on any atom is 0.338 e. The molecule has 5 N–H and O–H groups in total. The lowest BCUT2D eigenvalue weighted by molar-refractivity contribution is -0.145. The molecule has 8 bridgehead atoms. The second-order valence-corrected chi connectivity index (χ2v) is 22.3. The first-order valence-corrected chi connectivity index (χ1v) is 32.2. The van der Waals surface area contributed by atoms with Crippen molar-refractivity contribution in [3.05, 3.63) is 139 Å². The Labute approximate surface area is 549 Å².